The van der Waals surface area contributed by atoms with Crippen molar-refractivity contribution in [3.8, 4) is 23.0 Å². The minimum Gasteiger partial charge on any atom is -0.493 e. The number of hydrogen-bond acceptors (Lipinski definition) is 5. The van der Waals surface area contributed by atoms with Crippen LogP contribution in [0.5, 0.6) is 23.0 Å². The highest BCUT2D eigenvalue weighted by Gasteiger charge is 2.50. The van der Waals surface area contributed by atoms with E-state index >= 15 is 0 Å². The zero-order chi connectivity index (χ0) is 22.7. The van der Waals surface area contributed by atoms with Gasteiger partial charge in [-0.1, -0.05) is 30.3 Å². The Balaban J connectivity index is 1.71. The van der Waals surface area contributed by atoms with Crippen molar-refractivity contribution in [1.82, 2.24) is 4.90 Å². The Morgan fingerprint density at radius 3 is 2.06 bits per heavy atom. The fourth-order valence-corrected chi connectivity index (χ4v) is 3.87. The summed E-state index contributed by atoms with van der Waals surface area (Å²) in [7, 11) is 4.62. The van der Waals surface area contributed by atoms with Crippen LogP contribution in [0.1, 0.15) is 17.2 Å². The van der Waals surface area contributed by atoms with E-state index in [-0.39, 0.29) is 11.7 Å². The van der Waals surface area contributed by atoms with E-state index < -0.39 is 12.1 Å². The summed E-state index contributed by atoms with van der Waals surface area (Å²) in [4.78, 5) is 14.8. The molecule has 0 radical (unpaired) electrons. The summed E-state index contributed by atoms with van der Waals surface area (Å²) in [5.74, 6) is 1.56. The van der Waals surface area contributed by atoms with E-state index in [0.29, 0.717) is 29.5 Å². The predicted octanol–water partition coefficient (Wildman–Crippen LogP) is 4.38. The Morgan fingerprint density at radius 1 is 0.875 bits per heavy atom. The number of likely N-dealkylation sites (tertiary alicyclic amines) is 1. The molecule has 1 fully saturated rings. The molecule has 0 saturated carbocycles. The highest BCUT2D eigenvalue weighted by molar-refractivity contribution is 5.89. The predicted molar refractivity (Wildman–Crippen MR) is 117 cm³/mol. The molecule has 1 amide bonds. The van der Waals surface area contributed by atoms with E-state index in [1.807, 2.05) is 42.5 Å². The summed E-state index contributed by atoms with van der Waals surface area (Å²) in [5, 5.41) is 0. The van der Waals surface area contributed by atoms with Crippen LogP contribution < -0.4 is 18.9 Å². The molecule has 0 unspecified atom stereocenters. The first-order valence-corrected chi connectivity index (χ1v) is 10.1. The molecule has 7 heteroatoms. The van der Waals surface area contributed by atoms with Crippen molar-refractivity contribution < 1.29 is 28.1 Å². The average Bonchev–Trinajstić information content (AvgIpc) is 2.83. The molecular weight excluding hydrogens is 413 g/mol. The van der Waals surface area contributed by atoms with Crippen LogP contribution in [-0.4, -0.2) is 38.2 Å². The maximum absolute atomic E-state index is 13.3. The molecule has 0 aromatic heterocycles. The molecule has 1 aliphatic heterocycles. The molecule has 0 N–H and O–H groups in total. The second-order valence-corrected chi connectivity index (χ2v) is 7.35. The Hall–Kier alpha value is -3.74. The van der Waals surface area contributed by atoms with E-state index in [2.05, 4.69) is 0 Å². The molecule has 6 nitrogen and oxygen atoms in total. The molecule has 1 saturated heterocycles. The molecule has 32 heavy (non-hydrogen) atoms. The van der Waals surface area contributed by atoms with Gasteiger partial charge >= 0.3 is 0 Å². The lowest BCUT2D eigenvalue weighted by Gasteiger charge is -2.47. The van der Waals surface area contributed by atoms with Gasteiger partial charge in [0.25, 0.3) is 5.91 Å². The summed E-state index contributed by atoms with van der Waals surface area (Å²) in [6.45, 7) is 0.315. The largest absolute Gasteiger partial charge is 0.493 e. The summed E-state index contributed by atoms with van der Waals surface area (Å²) in [6.07, 6.45) is -0.722. The van der Waals surface area contributed by atoms with Crippen LogP contribution in [0.25, 0.3) is 0 Å². The van der Waals surface area contributed by atoms with Crippen LogP contribution in [0.3, 0.4) is 0 Å². The van der Waals surface area contributed by atoms with Gasteiger partial charge in [-0.2, -0.15) is 0 Å². The van der Waals surface area contributed by atoms with Crippen LogP contribution in [0.2, 0.25) is 0 Å². The molecule has 0 bridgehead atoms. The highest BCUT2D eigenvalue weighted by atomic mass is 19.1. The molecule has 4 rings (SSSR count). The summed E-state index contributed by atoms with van der Waals surface area (Å²) in [5.41, 5.74) is 1.59. The Labute approximate surface area is 186 Å². The zero-order valence-electron chi connectivity index (χ0n) is 18.1. The van der Waals surface area contributed by atoms with Crippen molar-refractivity contribution in [3.05, 3.63) is 83.7 Å². The van der Waals surface area contributed by atoms with E-state index in [1.165, 1.54) is 19.2 Å². The van der Waals surface area contributed by atoms with Crippen molar-refractivity contribution in [1.29, 1.82) is 0 Å². The van der Waals surface area contributed by atoms with Gasteiger partial charge in [0.15, 0.2) is 11.5 Å². The lowest BCUT2D eigenvalue weighted by atomic mass is 9.89. The summed E-state index contributed by atoms with van der Waals surface area (Å²) in [6, 6.07) is 18.5. The standard InChI is InChI=1S/C25H24FNO5/c1-29-20-13-17(14-21(30-2)23(20)31-3)22-24(32-19-7-5-4-6-8-19)25(28)27(22)15-16-9-11-18(26)12-10-16/h4-14,22,24H,15H2,1-3H3/t22-,24+/m0/s1. The quantitative estimate of drug-likeness (QED) is 0.490. The normalized spacial score (nSPS) is 17.5. The first kappa shape index (κ1) is 21.5. The number of carbonyl (C=O) groups excluding carboxylic acids is 1. The maximum Gasteiger partial charge on any atom is 0.267 e. The van der Waals surface area contributed by atoms with Gasteiger partial charge in [0, 0.05) is 6.54 Å². The maximum atomic E-state index is 13.3. The van der Waals surface area contributed by atoms with Crippen molar-refractivity contribution in [2.75, 3.05) is 21.3 Å². The van der Waals surface area contributed by atoms with E-state index in [9.17, 15) is 9.18 Å². The Kier molecular flexibility index (Phi) is 6.16. The van der Waals surface area contributed by atoms with Gasteiger partial charge in [0.2, 0.25) is 11.9 Å². The monoisotopic (exact) mass is 437 g/mol. The topological polar surface area (TPSA) is 57.2 Å². The first-order valence-electron chi connectivity index (χ1n) is 10.1. The third kappa shape index (κ3) is 4.06. The number of ether oxygens (including phenoxy) is 4. The number of methoxy groups -OCH3 is 3. The lowest BCUT2D eigenvalue weighted by molar-refractivity contribution is -0.165. The number of amides is 1. The third-order valence-corrected chi connectivity index (χ3v) is 5.45. The molecule has 0 spiro atoms. The van der Waals surface area contributed by atoms with Crippen LogP contribution in [-0.2, 0) is 11.3 Å². The fourth-order valence-electron chi connectivity index (χ4n) is 3.87. The van der Waals surface area contributed by atoms with Gasteiger partial charge in [-0.15, -0.1) is 0 Å². The first-order chi connectivity index (χ1) is 15.5. The minimum atomic E-state index is -0.722. The van der Waals surface area contributed by atoms with Gasteiger partial charge in [-0.25, -0.2) is 4.39 Å². The number of hydrogen-bond donors (Lipinski definition) is 0. The number of nitrogens with zero attached hydrogens (tertiary/aromatic N) is 1. The number of rotatable bonds is 8. The average molecular weight is 437 g/mol. The minimum absolute atomic E-state index is 0.156. The van der Waals surface area contributed by atoms with Crippen LogP contribution >= 0.6 is 0 Å². The van der Waals surface area contributed by atoms with Crippen molar-refractivity contribution in [2.24, 2.45) is 0 Å². The molecule has 0 aliphatic carbocycles. The van der Waals surface area contributed by atoms with Crippen molar-refractivity contribution in [3.63, 3.8) is 0 Å². The van der Waals surface area contributed by atoms with E-state index in [1.54, 1.807) is 31.3 Å². The number of carbonyl (C=O) groups is 1. The van der Waals surface area contributed by atoms with Crippen LogP contribution in [0, 0.1) is 5.82 Å². The SMILES string of the molecule is COc1cc([C@H]2[C@@H](Oc3ccccc3)C(=O)N2Cc2ccc(F)cc2)cc(OC)c1OC. The van der Waals surface area contributed by atoms with Gasteiger partial charge in [0.1, 0.15) is 17.6 Å². The summed E-state index contributed by atoms with van der Waals surface area (Å²) >= 11 is 0. The molecule has 1 aliphatic rings. The highest BCUT2D eigenvalue weighted by Crippen LogP contribution is 2.45. The van der Waals surface area contributed by atoms with Gasteiger partial charge in [0.05, 0.1) is 21.3 Å². The number of para-hydroxylation sites is 1. The third-order valence-electron chi connectivity index (χ3n) is 5.45. The molecular formula is C25H24FNO5. The molecule has 3 aromatic carbocycles. The van der Waals surface area contributed by atoms with Crippen molar-refractivity contribution >= 4 is 5.91 Å². The van der Waals surface area contributed by atoms with Gasteiger partial charge in [-0.05, 0) is 47.5 Å². The number of β-lactam (4-membered cyclic amide) rings is 1. The van der Waals surface area contributed by atoms with Gasteiger partial charge < -0.3 is 23.8 Å². The molecule has 2 atom stereocenters. The fraction of sp³-hybridized carbons (Fsp3) is 0.240. The number of benzene rings is 3. The second kappa shape index (κ2) is 9.18. The van der Waals surface area contributed by atoms with E-state index in [4.69, 9.17) is 18.9 Å². The van der Waals surface area contributed by atoms with Crippen LogP contribution in [0.15, 0.2) is 66.7 Å². The molecule has 166 valence electrons. The summed E-state index contributed by atoms with van der Waals surface area (Å²) < 4.78 is 35.8. The number of halogens is 1. The second-order valence-electron chi connectivity index (χ2n) is 7.35. The smallest absolute Gasteiger partial charge is 0.267 e. The van der Waals surface area contributed by atoms with E-state index in [0.717, 1.165) is 11.1 Å². The Bertz CT molecular complexity index is 1060. The van der Waals surface area contributed by atoms with Crippen LogP contribution in [0.4, 0.5) is 4.39 Å². The lowest BCUT2D eigenvalue weighted by Crippen LogP contribution is -2.60. The Morgan fingerprint density at radius 2 is 1.50 bits per heavy atom. The molecule has 1 heterocycles. The van der Waals surface area contributed by atoms with Crippen molar-refractivity contribution in [2.45, 2.75) is 18.7 Å². The van der Waals surface area contributed by atoms with Gasteiger partial charge in [-0.3, -0.25) is 4.79 Å². The molecule has 3 aromatic rings. The zero-order valence-corrected chi connectivity index (χ0v) is 18.1.